The summed E-state index contributed by atoms with van der Waals surface area (Å²) in [4.78, 5) is 2.39. The Hall–Kier alpha value is -1.06. The van der Waals surface area contributed by atoms with E-state index < -0.39 is 0 Å². The lowest BCUT2D eigenvalue weighted by atomic mass is 10.0. The van der Waals surface area contributed by atoms with E-state index in [2.05, 4.69) is 30.9 Å². The molecule has 94 valence electrons. The van der Waals surface area contributed by atoms with Crippen molar-refractivity contribution in [2.24, 2.45) is 11.7 Å². The molecule has 1 aliphatic rings. The van der Waals surface area contributed by atoms with E-state index in [1.165, 1.54) is 5.56 Å². The molecule has 0 saturated carbocycles. The molecule has 0 fully saturated rings. The SMILES string of the molecule is CC(C)C(N)CN1CCOc2ccccc2C1. The standard InChI is InChI=1S/C14H22N2O/c1-11(2)13(15)10-16-7-8-17-14-6-4-3-5-12(14)9-16/h3-6,11,13H,7-10,15H2,1-2H3. The number of para-hydroxylation sites is 1. The maximum atomic E-state index is 6.14. The van der Waals surface area contributed by atoms with Gasteiger partial charge in [0.2, 0.25) is 0 Å². The van der Waals surface area contributed by atoms with Gasteiger partial charge >= 0.3 is 0 Å². The van der Waals surface area contributed by atoms with Gasteiger partial charge in [-0.2, -0.15) is 0 Å². The van der Waals surface area contributed by atoms with Crippen molar-refractivity contribution in [3.63, 3.8) is 0 Å². The average Bonchev–Trinajstić information content (AvgIpc) is 2.50. The van der Waals surface area contributed by atoms with Crippen LogP contribution in [-0.2, 0) is 6.54 Å². The summed E-state index contributed by atoms with van der Waals surface area (Å²) in [6.45, 7) is 7.93. The first-order chi connectivity index (χ1) is 8.16. The second-order valence-corrected chi connectivity index (χ2v) is 5.10. The Labute approximate surface area is 104 Å². The monoisotopic (exact) mass is 234 g/mol. The summed E-state index contributed by atoms with van der Waals surface area (Å²) in [7, 11) is 0. The van der Waals surface area contributed by atoms with Gasteiger partial charge in [0, 0.05) is 31.2 Å². The Morgan fingerprint density at radius 1 is 1.35 bits per heavy atom. The number of benzene rings is 1. The fraction of sp³-hybridized carbons (Fsp3) is 0.571. The van der Waals surface area contributed by atoms with Crippen LogP contribution in [0.1, 0.15) is 19.4 Å². The van der Waals surface area contributed by atoms with E-state index >= 15 is 0 Å². The van der Waals surface area contributed by atoms with Crippen LogP contribution in [0.5, 0.6) is 5.75 Å². The normalized spacial score (nSPS) is 18.4. The van der Waals surface area contributed by atoms with Gasteiger partial charge in [-0.15, -0.1) is 0 Å². The van der Waals surface area contributed by atoms with Crippen LogP contribution in [0.15, 0.2) is 24.3 Å². The highest BCUT2D eigenvalue weighted by molar-refractivity contribution is 5.33. The molecule has 0 aromatic heterocycles. The van der Waals surface area contributed by atoms with Crippen LogP contribution in [0.3, 0.4) is 0 Å². The van der Waals surface area contributed by atoms with Crippen LogP contribution in [0.2, 0.25) is 0 Å². The Bertz CT molecular complexity index is 365. The molecule has 17 heavy (non-hydrogen) atoms. The van der Waals surface area contributed by atoms with E-state index in [4.69, 9.17) is 10.5 Å². The largest absolute Gasteiger partial charge is 0.492 e. The van der Waals surface area contributed by atoms with Crippen molar-refractivity contribution in [3.8, 4) is 5.75 Å². The first-order valence-electron chi connectivity index (χ1n) is 6.35. The number of nitrogens with two attached hydrogens (primary N) is 1. The fourth-order valence-electron chi connectivity index (χ4n) is 2.04. The van der Waals surface area contributed by atoms with Gasteiger partial charge in [-0.3, -0.25) is 4.90 Å². The Balaban J connectivity index is 2.03. The van der Waals surface area contributed by atoms with Crippen molar-refractivity contribution in [2.75, 3.05) is 19.7 Å². The molecule has 1 aromatic carbocycles. The predicted molar refractivity (Wildman–Crippen MR) is 70.0 cm³/mol. The highest BCUT2D eigenvalue weighted by Gasteiger charge is 2.18. The van der Waals surface area contributed by atoms with Crippen LogP contribution < -0.4 is 10.5 Å². The Kier molecular flexibility index (Phi) is 4.02. The van der Waals surface area contributed by atoms with Gasteiger partial charge in [0.05, 0.1) is 0 Å². The van der Waals surface area contributed by atoms with Gasteiger partial charge in [-0.1, -0.05) is 32.0 Å². The molecular formula is C14H22N2O. The summed E-state index contributed by atoms with van der Waals surface area (Å²) in [5, 5.41) is 0. The van der Waals surface area contributed by atoms with Gasteiger partial charge in [-0.25, -0.2) is 0 Å². The lowest BCUT2D eigenvalue weighted by Gasteiger charge is -2.25. The maximum Gasteiger partial charge on any atom is 0.123 e. The van der Waals surface area contributed by atoms with Crippen LogP contribution >= 0.6 is 0 Å². The summed E-state index contributed by atoms with van der Waals surface area (Å²) in [5.41, 5.74) is 7.40. The Morgan fingerprint density at radius 3 is 2.88 bits per heavy atom. The van der Waals surface area contributed by atoms with Crippen molar-refractivity contribution in [1.82, 2.24) is 4.90 Å². The molecule has 1 unspecified atom stereocenters. The molecular weight excluding hydrogens is 212 g/mol. The maximum absolute atomic E-state index is 6.14. The first-order valence-corrected chi connectivity index (χ1v) is 6.35. The number of fused-ring (bicyclic) bond motifs is 1. The van der Waals surface area contributed by atoms with Crippen molar-refractivity contribution in [3.05, 3.63) is 29.8 Å². The molecule has 0 bridgehead atoms. The minimum atomic E-state index is 0.236. The number of nitrogens with zero attached hydrogens (tertiary/aromatic N) is 1. The predicted octanol–water partition coefficient (Wildman–Crippen LogP) is 1.86. The van der Waals surface area contributed by atoms with Crippen LogP contribution in [0.4, 0.5) is 0 Å². The highest BCUT2D eigenvalue weighted by Crippen LogP contribution is 2.22. The minimum absolute atomic E-state index is 0.236. The molecule has 3 nitrogen and oxygen atoms in total. The summed E-state index contributed by atoms with van der Waals surface area (Å²) < 4.78 is 5.74. The second kappa shape index (κ2) is 5.52. The van der Waals surface area contributed by atoms with E-state index in [0.29, 0.717) is 5.92 Å². The zero-order valence-electron chi connectivity index (χ0n) is 10.7. The van der Waals surface area contributed by atoms with Crippen molar-refractivity contribution < 1.29 is 4.74 Å². The third kappa shape index (κ3) is 3.20. The number of hydrogen-bond donors (Lipinski definition) is 1. The number of hydrogen-bond acceptors (Lipinski definition) is 3. The average molecular weight is 234 g/mol. The third-order valence-electron chi connectivity index (χ3n) is 3.36. The van der Waals surface area contributed by atoms with Gasteiger partial charge in [0.15, 0.2) is 0 Å². The van der Waals surface area contributed by atoms with Crippen molar-refractivity contribution in [2.45, 2.75) is 26.4 Å². The highest BCUT2D eigenvalue weighted by atomic mass is 16.5. The van der Waals surface area contributed by atoms with E-state index in [9.17, 15) is 0 Å². The zero-order valence-corrected chi connectivity index (χ0v) is 10.7. The molecule has 2 N–H and O–H groups in total. The van der Waals surface area contributed by atoms with Gasteiger partial charge in [0.25, 0.3) is 0 Å². The topological polar surface area (TPSA) is 38.5 Å². The molecule has 1 atom stereocenters. The summed E-state index contributed by atoms with van der Waals surface area (Å²) in [5.74, 6) is 1.54. The van der Waals surface area contributed by atoms with E-state index in [1.807, 2.05) is 12.1 Å². The second-order valence-electron chi connectivity index (χ2n) is 5.10. The molecule has 0 radical (unpaired) electrons. The van der Waals surface area contributed by atoms with Crippen LogP contribution in [0.25, 0.3) is 0 Å². The number of rotatable bonds is 3. The smallest absolute Gasteiger partial charge is 0.123 e. The molecule has 0 aliphatic carbocycles. The molecule has 1 aliphatic heterocycles. The van der Waals surface area contributed by atoms with Crippen LogP contribution in [-0.4, -0.2) is 30.6 Å². The molecule has 2 rings (SSSR count). The van der Waals surface area contributed by atoms with E-state index in [0.717, 1.165) is 32.0 Å². The van der Waals surface area contributed by atoms with Gasteiger partial charge in [0.1, 0.15) is 12.4 Å². The minimum Gasteiger partial charge on any atom is -0.492 e. The first kappa shape index (κ1) is 12.4. The van der Waals surface area contributed by atoms with E-state index in [1.54, 1.807) is 0 Å². The quantitative estimate of drug-likeness (QED) is 0.867. The number of ether oxygens (including phenoxy) is 1. The molecule has 1 heterocycles. The van der Waals surface area contributed by atoms with Gasteiger partial charge < -0.3 is 10.5 Å². The molecule has 0 saturated heterocycles. The lowest BCUT2D eigenvalue weighted by molar-refractivity contribution is 0.204. The summed E-state index contributed by atoms with van der Waals surface area (Å²) in [6.07, 6.45) is 0. The fourth-order valence-corrected chi connectivity index (χ4v) is 2.04. The molecule has 0 amide bonds. The van der Waals surface area contributed by atoms with Crippen molar-refractivity contribution >= 4 is 0 Å². The summed E-state index contributed by atoms with van der Waals surface area (Å²) in [6, 6.07) is 8.50. The third-order valence-corrected chi connectivity index (χ3v) is 3.36. The summed E-state index contributed by atoms with van der Waals surface area (Å²) >= 11 is 0. The zero-order chi connectivity index (χ0) is 12.3. The lowest BCUT2D eigenvalue weighted by Crippen LogP contribution is -2.41. The molecule has 0 spiro atoms. The molecule has 1 aromatic rings. The van der Waals surface area contributed by atoms with E-state index in [-0.39, 0.29) is 6.04 Å². The van der Waals surface area contributed by atoms with Crippen molar-refractivity contribution in [1.29, 1.82) is 0 Å². The Morgan fingerprint density at radius 2 is 2.12 bits per heavy atom. The van der Waals surface area contributed by atoms with Crippen LogP contribution in [0, 0.1) is 5.92 Å². The molecule has 3 heteroatoms. The van der Waals surface area contributed by atoms with Gasteiger partial charge in [-0.05, 0) is 12.0 Å².